The summed E-state index contributed by atoms with van der Waals surface area (Å²) in [5.41, 5.74) is 2.41. The van der Waals surface area contributed by atoms with Gasteiger partial charge in [0.05, 0.1) is 6.54 Å². The second kappa shape index (κ2) is 4.65. The maximum Gasteiger partial charge on any atom is 0.161 e. The van der Waals surface area contributed by atoms with E-state index < -0.39 is 0 Å². The molecule has 1 aliphatic carbocycles. The molecule has 1 heterocycles. The predicted octanol–water partition coefficient (Wildman–Crippen LogP) is 4.05. The highest BCUT2D eigenvalue weighted by Gasteiger charge is 2.35. The fourth-order valence-electron chi connectivity index (χ4n) is 2.02. The third-order valence-corrected chi connectivity index (χ3v) is 5.05. The van der Waals surface area contributed by atoms with Crippen molar-refractivity contribution >= 4 is 38.5 Å². The zero-order chi connectivity index (χ0) is 11.8. The molecule has 1 aliphatic heterocycles. The lowest BCUT2D eigenvalue weighted by atomic mass is 10.2. The number of benzene rings is 1. The van der Waals surface area contributed by atoms with Crippen LogP contribution in [0.3, 0.4) is 0 Å². The van der Waals surface area contributed by atoms with Crippen LogP contribution >= 0.6 is 27.7 Å². The van der Waals surface area contributed by atoms with Crippen molar-refractivity contribution < 1.29 is 0 Å². The number of amidine groups is 1. The van der Waals surface area contributed by atoms with Crippen molar-refractivity contribution in [2.24, 2.45) is 10.9 Å². The van der Waals surface area contributed by atoms with Crippen LogP contribution in [0.4, 0.5) is 5.69 Å². The van der Waals surface area contributed by atoms with Gasteiger partial charge in [-0.25, -0.2) is 0 Å². The molecule has 1 aromatic carbocycles. The molecular formula is C13H15BrN2S. The SMILES string of the molecule is Cc1ccc(Br)cc1NC1=NCC(C2CC2)S1. The van der Waals surface area contributed by atoms with Crippen LogP contribution in [0.1, 0.15) is 18.4 Å². The zero-order valence-electron chi connectivity index (χ0n) is 9.74. The van der Waals surface area contributed by atoms with Crippen molar-refractivity contribution in [2.75, 3.05) is 11.9 Å². The van der Waals surface area contributed by atoms with E-state index in [2.05, 4.69) is 51.4 Å². The monoisotopic (exact) mass is 310 g/mol. The molecule has 1 atom stereocenters. The van der Waals surface area contributed by atoms with Gasteiger partial charge in [0.2, 0.25) is 0 Å². The van der Waals surface area contributed by atoms with Gasteiger partial charge in [-0.1, -0.05) is 33.8 Å². The van der Waals surface area contributed by atoms with E-state index in [9.17, 15) is 0 Å². The number of hydrogen-bond donors (Lipinski definition) is 1. The Morgan fingerprint density at radius 2 is 2.24 bits per heavy atom. The van der Waals surface area contributed by atoms with Crippen molar-refractivity contribution in [1.82, 2.24) is 0 Å². The van der Waals surface area contributed by atoms with E-state index in [4.69, 9.17) is 0 Å². The molecule has 2 nitrogen and oxygen atoms in total. The van der Waals surface area contributed by atoms with Gasteiger partial charge in [0, 0.05) is 15.4 Å². The highest BCUT2D eigenvalue weighted by molar-refractivity contribution is 9.10. The van der Waals surface area contributed by atoms with E-state index in [1.54, 1.807) is 0 Å². The number of anilines is 1. The molecule has 1 N–H and O–H groups in total. The third-order valence-electron chi connectivity index (χ3n) is 3.27. The number of halogens is 1. The number of aliphatic imine (C=N–C) groups is 1. The third kappa shape index (κ3) is 2.68. The lowest BCUT2D eigenvalue weighted by Gasteiger charge is -2.10. The van der Waals surface area contributed by atoms with Crippen molar-refractivity contribution in [3.05, 3.63) is 28.2 Å². The summed E-state index contributed by atoms with van der Waals surface area (Å²) in [5, 5.41) is 5.26. The molecule has 17 heavy (non-hydrogen) atoms. The Balaban J connectivity index is 1.68. The number of rotatable bonds is 2. The smallest absolute Gasteiger partial charge is 0.161 e. The molecule has 0 amide bonds. The molecular weight excluding hydrogens is 296 g/mol. The quantitative estimate of drug-likeness (QED) is 0.891. The number of aryl methyl sites for hydroxylation is 1. The first kappa shape index (κ1) is 11.6. The van der Waals surface area contributed by atoms with E-state index in [0.29, 0.717) is 0 Å². The summed E-state index contributed by atoms with van der Waals surface area (Å²) in [4.78, 5) is 4.60. The molecule has 0 aromatic heterocycles. The fourth-order valence-corrected chi connectivity index (χ4v) is 3.60. The Labute approximate surface area is 114 Å². The summed E-state index contributed by atoms with van der Waals surface area (Å²) in [6.45, 7) is 3.11. The first-order valence-electron chi connectivity index (χ1n) is 5.96. The van der Waals surface area contributed by atoms with Crippen molar-refractivity contribution in [2.45, 2.75) is 25.0 Å². The van der Waals surface area contributed by atoms with Crippen LogP contribution in [0.2, 0.25) is 0 Å². The van der Waals surface area contributed by atoms with Gasteiger partial charge in [-0.05, 0) is 43.4 Å². The lowest BCUT2D eigenvalue weighted by molar-refractivity contribution is 0.773. The molecule has 3 rings (SSSR count). The second-order valence-corrected chi connectivity index (χ2v) is 6.87. The zero-order valence-corrected chi connectivity index (χ0v) is 12.1. The van der Waals surface area contributed by atoms with E-state index in [0.717, 1.165) is 33.0 Å². The van der Waals surface area contributed by atoms with Gasteiger partial charge in [-0.15, -0.1) is 0 Å². The number of nitrogens with one attached hydrogen (secondary N) is 1. The van der Waals surface area contributed by atoms with Gasteiger partial charge >= 0.3 is 0 Å². The highest BCUT2D eigenvalue weighted by Crippen LogP contribution is 2.42. The Bertz CT molecular complexity index is 468. The topological polar surface area (TPSA) is 24.4 Å². The van der Waals surface area contributed by atoms with Crippen LogP contribution < -0.4 is 5.32 Å². The van der Waals surface area contributed by atoms with E-state index in [1.165, 1.54) is 18.4 Å². The van der Waals surface area contributed by atoms with E-state index >= 15 is 0 Å². The average Bonchev–Trinajstić information content (AvgIpc) is 3.05. The van der Waals surface area contributed by atoms with Crippen LogP contribution in [0, 0.1) is 12.8 Å². The highest BCUT2D eigenvalue weighted by atomic mass is 79.9. The minimum atomic E-state index is 0.727. The lowest BCUT2D eigenvalue weighted by Crippen LogP contribution is -2.09. The summed E-state index contributed by atoms with van der Waals surface area (Å²) < 4.78 is 1.10. The van der Waals surface area contributed by atoms with Crippen LogP contribution in [0.15, 0.2) is 27.7 Å². The van der Waals surface area contributed by atoms with Crippen molar-refractivity contribution in [1.29, 1.82) is 0 Å². The van der Waals surface area contributed by atoms with Crippen molar-refractivity contribution in [3.63, 3.8) is 0 Å². The van der Waals surface area contributed by atoms with Crippen LogP contribution in [-0.2, 0) is 0 Å². The molecule has 0 bridgehead atoms. The first-order valence-corrected chi connectivity index (χ1v) is 7.64. The Hall–Kier alpha value is -0.480. The van der Waals surface area contributed by atoms with Crippen LogP contribution in [0.5, 0.6) is 0 Å². The predicted molar refractivity (Wildman–Crippen MR) is 78.9 cm³/mol. The molecule has 0 spiro atoms. The normalized spacial score (nSPS) is 23.6. The molecule has 4 heteroatoms. The summed E-state index contributed by atoms with van der Waals surface area (Å²) in [7, 11) is 0. The summed E-state index contributed by atoms with van der Waals surface area (Å²) in [5.74, 6) is 0.923. The van der Waals surface area contributed by atoms with Gasteiger partial charge in [-0.2, -0.15) is 0 Å². The molecule has 90 valence electrons. The maximum atomic E-state index is 4.60. The summed E-state index contributed by atoms with van der Waals surface area (Å²) in [6.07, 6.45) is 2.80. The van der Waals surface area contributed by atoms with Crippen molar-refractivity contribution in [3.8, 4) is 0 Å². The Kier molecular flexibility index (Phi) is 3.17. The second-order valence-electron chi connectivity index (χ2n) is 4.72. The van der Waals surface area contributed by atoms with Gasteiger partial charge in [-0.3, -0.25) is 4.99 Å². The molecule has 1 unspecified atom stereocenters. The van der Waals surface area contributed by atoms with Gasteiger partial charge in [0.15, 0.2) is 5.17 Å². The van der Waals surface area contributed by atoms with Gasteiger partial charge in [0.25, 0.3) is 0 Å². The average molecular weight is 311 g/mol. The Morgan fingerprint density at radius 1 is 1.41 bits per heavy atom. The standard InChI is InChI=1S/C13H15BrN2S/c1-8-2-5-10(14)6-11(8)16-13-15-7-12(17-13)9-3-4-9/h2,5-6,9,12H,3-4,7H2,1H3,(H,15,16). The van der Waals surface area contributed by atoms with E-state index in [1.807, 2.05) is 11.8 Å². The minimum Gasteiger partial charge on any atom is -0.335 e. The molecule has 0 saturated heterocycles. The van der Waals surface area contributed by atoms with Gasteiger partial charge < -0.3 is 5.32 Å². The summed E-state index contributed by atoms with van der Waals surface area (Å²) >= 11 is 5.42. The Morgan fingerprint density at radius 3 is 3.00 bits per heavy atom. The first-order chi connectivity index (χ1) is 8.22. The summed E-state index contributed by atoms with van der Waals surface area (Å²) in [6, 6.07) is 6.30. The van der Waals surface area contributed by atoms with Crippen LogP contribution in [0.25, 0.3) is 0 Å². The molecule has 2 aliphatic rings. The number of nitrogens with zero attached hydrogens (tertiary/aromatic N) is 1. The molecule has 0 radical (unpaired) electrons. The van der Waals surface area contributed by atoms with Gasteiger partial charge in [0.1, 0.15) is 0 Å². The largest absolute Gasteiger partial charge is 0.335 e. The number of thioether (sulfide) groups is 1. The minimum absolute atomic E-state index is 0.727. The van der Waals surface area contributed by atoms with E-state index in [-0.39, 0.29) is 0 Å². The fraction of sp³-hybridized carbons (Fsp3) is 0.462. The number of hydrogen-bond acceptors (Lipinski definition) is 3. The van der Waals surface area contributed by atoms with Crippen LogP contribution in [-0.4, -0.2) is 17.0 Å². The molecule has 1 saturated carbocycles. The maximum absolute atomic E-state index is 4.60. The molecule has 1 aromatic rings. The molecule has 1 fully saturated rings.